The molecule has 0 unspecified atom stereocenters. The second-order valence-electron chi connectivity index (χ2n) is 5.28. The van der Waals surface area contributed by atoms with E-state index in [0.717, 1.165) is 18.4 Å². The summed E-state index contributed by atoms with van der Waals surface area (Å²) in [6.45, 7) is 3.57. The Morgan fingerprint density at radius 3 is 2.76 bits per heavy atom. The summed E-state index contributed by atoms with van der Waals surface area (Å²) in [5, 5.41) is 0. The van der Waals surface area contributed by atoms with Crippen LogP contribution in [0.25, 0.3) is 0 Å². The summed E-state index contributed by atoms with van der Waals surface area (Å²) in [5.74, 6) is 6.23. The lowest BCUT2D eigenvalue weighted by Gasteiger charge is -2.29. The summed E-state index contributed by atoms with van der Waals surface area (Å²) in [7, 11) is -3.49. The Hall–Kier alpha value is -1.55. The lowest BCUT2D eigenvalue weighted by atomic mass is 10.0. The average molecular weight is 307 g/mol. The summed E-state index contributed by atoms with van der Waals surface area (Å²) in [6, 6.07) is 7.03. The summed E-state index contributed by atoms with van der Waals surface area (Å²) < 4.78 is 28.8. The molecule has 1 aromatic carbocycles. The van der Waals surface area contributed by atoms with Crippen LogP contribution >= 0.6 is 0 Å². The first-order chi connectivity index (χ1) is 10.0. The SMILES string of the molecule is CC1CCN(S(=O)(=O)Nc2cccc(C#CCN)c2)CC1. The van der Waals surface area contributed by atoms with E-state index in [1.165, 1.54) is 4.31 Å². The minimum Gasteiger partial charge on any atom is -0.320 e. The molecule has 0 atom stereocenters. The summed E-state index contributed by atoms with van der Waals surface area (Å²) in [5.41, 5.74) is 6.60. The van der Waals surface area contributed by atoms with Gasteiger partial charge in [0.15, 0.2) is 0 Å². The highest BCUT2D eigenvalue weighted by molar-refractivity contribution is 7.90. The number of benzene rings is 1. The normalized spacial score (nSPS) is 17.0. The number of piperidine rings is 1. The maximum absolute atomic E-state index is 12.3. The van der Waals surface area contributed by atoms with Crippen LogP contribution in [0.1, 0.15) is 25.3 Å². The van der Waals surface area contributed by atoms with Crippen molar-refractivity contribution in [2.24, 2.45) is 11.7 Å². The topological polar surface area (TPSA) is 75.4 Å². The fraction of sp³-hybridized carbons (Fsp3) is 0.467. The molecule has 2 rings (SSSR count). The van der Waals surface area contributed by atoms with Crippen LogP contribution < -0.4 is 10.5 Å². The Balaban J connectivity index is 2.09. The van der Waals surface area contributed by atoms with Crippen molar-refractivity contribution in [3.8, 4) is 11.8 Å². The van der Waals surface area contributed by atoms with Gasteiger partial charge in [-0.3, -0.25) is 4.72 Å². The molecule has 0 aliphatic carbocycles. The van der Waals surface area contributed by atoms with E-state index in [1.807, 2.05) is 6.07 Å². The zero-order valence-corrected chi connectivity index (χ0v) is 13.0. The second kappa shape index (κ2) is 6.94. The number of anilines is 1. The number of nitrogens with zero attached hydrogens (tertiary/aromatic N) is 1. The number of hydrogen-bond donors (Lipinski definition) is 2. The quantitative estimate of drug-likeness (QED) is 0.829. The Morgan fingerprint density at radius 1 is 1.38 bits per heavy atom. The van der Waals surface area contributed by atoms with E-state index in [2.05, 4.69) is 23.5 Å². The number of nitrogens with one attached hydrogen (secondary N) is 1. The van der Waals surface area contributed by atoms with Gasteiger partial charge >= 0.3 is 10.2 Å². The molecule has 6 heteroatoms. The van der Waals surface area contributed by atoms with Gasteiger partial charge in [0.2, 0.25) is 0 Å². The van der Waals surface area contributed by atoms with Crippen LogP contribution in [-0.4, -0.2) is 32.4 Å². The zero-order valence-electron chi connectivity index (χ0n) is 12.2. The second-order valence-corrected chi connectivity index (χ2v) is 6.95. The first kappa shape index (κ1) is 15.8. The third-order valence-electron chi connectivity index (χ3n) is 3.53. The van der Waals surface area contributed by atoms with E-state index in [4.69, 9.17) is 5.73 Å². The van der Waals surface area contributed by atoms with Gasteiger partial charge in [-0.2, -0.15) is 12.7 Å². The number of hydrogen-bond acceptors (Lipinski definition) is 3. The molecule has 0 amide bonds. The number of rotatable bonds is 3. The predicted molar refractivity (Wildman–Crippen MR) is 84.9 cm³/mol. The largest absolute Gasteiger partial charge is 0.320 e. The minimum atomic E-state index is -3.49. The fourth-order valence-corrected chi connectivity index (χ4v) is 3.50. The van der Waals surface area contributed by atoms with Crippen LogP contribution in [0.5, 0.6) is 0 Å². The van der Waals surface area contributed by atoms with Crippen molar-refractivity contribution in [1.29, 1.82) is 0 Å². The van der Waals surface area contributed by atoms with Gasteiger partial charge in [0.25, 0.3) is 0 Å². The Labute approximate surface area is 126 Å². The van der Waals surface area contributed by atoms with E-state index < -0.39 is 10.2 Å². The highest BCUT2D eigenvalue weighted by Gasteiger charge is 2.26. The van der Waals surface area contributed by atoms with Crippen molar-refractivity contribution in [2.75, 3.05) is 24.4 Å². The van der Waals surface area contributed by atoms with Crippen LogP contribution in [-0.2, 0) is 10.2 Å². The van der Waals surface area contributed by atoms with Crippen LogP contribution in [0.15, 0.2) is 24.3 Å². The van der Waals surface area contributed by atoms with Crippen molar-refractivity contribution in [1.82, 2.24) is 4.31 Å². The maximum atomic E-state index is 12.3. The molecule has 21 heavy (non-hydrogen) atoms. The zero-order chi connectivity index (χ0) is 15.3. The van der Waals surface area contributed by atoms with E-state index in [9.17, 15) is 8.42 Å². The lowest BCUT2D eigenvalue weighted by Crippen LogP contribution is -2.41. The molecule has 114 valence electrons. The third-order valence-corrected chi connectivity index (χ3v) is 5.07. The van der Waals surface area contributed by atoms with Gasteiger partial charge in [0.05, 0.1) is 12.2 Å². The van der Waals surface area contributed by atoms with Crippen molar-refractivity contribution in [2.45, 2.75) is 19.8 Å². The molecule has 0 aromatic heterocycles. The summed E-state index contributed by atoms with van der Waals surface area (Å²) in [4.78, 5) is 0. The average Bonchev–Trinajstić information content (AvgIpc) is 2.45. The molecule has 5 nitrogen and oxygen atoms in total. The van der Waals surface area contributed by atoms with Gasteiger partial charge in [-0.25, -0.2) is 0 Å². The summed E-state index contributed by atoms with van der Waals surface area (Å²) in [6.07, 6.45) is 1.81. The van der Waals surface area contributed by atoms with Crippen molar-refractivity contribution >= 4 is 15.9 Å². The molecular formula is C15H21N3O2S. The molecule has 0 radical (unpaired) electrons. The van der Waals surface area contributed by atoms with Crippen LogP contribution in [0.2, 0.25) is 0 Å². The van der Waals surface area contributed by atoms with Gasteiger partial charge in [-0.15, -0.1) is 0 Å². The molecule has 0 spiro atoms. The van der Waals surface area contributed by atoms with Crippen LogP contribution in [0, 0.1) is 17.8 Å². The first-order valence-electron chi connectivity index (χ1n) is 7.08. The highest BCUT2D eigenvalue weighted by atomic mass is 32.2. The van der Waals surface area contributed by atoms with Gasteiger partial charge < -0.3 is 5.73 Å². The molecule has 1 saturated heterocycles. The molecule has 1 aromatic rings. The highest BCUT2D eigenvalue weighted by Crippen LogP contribution is 2.20. The van der Waals surface area contributed by atoms with E-state index in [-0.39, 0.29) is 6.54 Å². The van der Waals surface area contributed by atoms with E-state index >= 15 is 0 Å². The van der Waals surface area contributed by atoms with Crippen LogP contribution in [0.3, 0.4) is 0 Å². The third kappa shape index (κ3) is 4.46. The molecule has 1 aliphatic heterocycles. The molecule has 0 saturated carbocycles. The van der Waals surface area contributed by atoms with Gasteiger partial charge in [-0.1, -0.05) is 24.8 Å². The van der Waals surface area contributed by atoms with Crippen molar-refractivity contribution < 1.29 is 8.42 Å². The molecule has 0 bridgehead atoms. The van der Waals surface area contributed by atoms with E-state index in [0.29, 0.717) is 24.7 Å². The van der Waals surface area contributed by atoms with Gasteiger partial charge in [0, 0.05) is 18.7 Å². The molecule has 1 fully saturated rings. The monoisotopic (exact) mass is 307 g/mol. The number of nitrogens with two attached hydrogens (primary N) is 1. The first-order valence-corrected chi connectivity index (χ1v) is 8.52. The maximum Gasteiger partial charge on any atom is 0.301 e. The van der Waals surface area contributed by atoms with Gasteiger partial charge in [-0.05, 0) is 37.0 Å². The fourth-order valence-electron chi connectivity index (χ4n) is 2.25. The standard InChI is InChI=1S/C15H21N3O2S/c1-13-7-10-18(11-8-13)21(19,20)17-15-6-2-4-14(12-15)5-3-9-16/h2,4,6,12-13,17H,7-11,16H2,1H3. The van der Waals surface area contributed by atoms with Gasteiger partial charge in [0.1, 0.15) is 0 Å². The van der Waals surface area contributed by atoms with E-state index in [1.54, 1.807) is 18.2 Å². The smallest absolute Gasteiger partial charge is 0.301 e. The summed E-state index contributed by atoms with van der Waals surface area (Å²) >= 11 is 0. The van der Waals surface area contributed by atoms with Crippen molar-refractivity contribution in [3.05, 3.63) is 29.8 Å². The Bertz CT molecular complexity index is 638. The Morgan fingerprint density at radius 2 is 2.10 bits per heavy atom. The van der Waals surface area contributed by atoms with Crippen LogP contribution in [0.4, 0.5) is 5.69 Å². The lowest BCUT2D eigenvalue weighted by molar-refractivity contribution is 0.289. The molecular weight excluding hydrogens is 286 g/mol. The van der Waals surface area contributed by atoms with Crippen molar-refractivity contribution in [3.63, 3.8) is 0 Å². The minimum absolute atomic E-state index is 0.280. The Kier molecular flexibility index (Phi) is 5.23. The molecule has 3 N–H and O–H groups in total. The molecule has 1 heterocycles. The molecule has 1 aliphatic rings. The predicted octanol–water partition coefficient (Wildman–Crippen LogP) is 1.39.